The zero-order chi connectivity index (χ0) is 18.9. The van der Waals surface area contributed by atoms with E-state index in [9.17, 15) is 9.59 Å². The van der Waals surface area contributed by atoms with Gasteiger partial charge in [-0.05, 0) is 30.7 Å². The van der Waals surface area contributed by atoms with Crippen molar-refractivity contribution in [3.8, 4) is 5.75 Å². The third-order valence-corrected chi connectivity index (χ3v) is 3.81. The highest BCUT2D eigenvalue weighted by Gasteiger charge is 2.16. The molecular weight excluding hydrogens is 328 g/mol. The van der Waals surface area contributed by atoms with E-state index >= 15 is 0 Å². The molecule has 132 valence electrons. The molecule has 0 fully saturated rings. The fourth-order valence-electron chi connectivity index (χ4n) is 2.28. The molecule has 0 saturated carbocycles. The number of phenolic OH excluding ortho intramolecular Hbond substituents is 1. The summed E-state index contributed by atoms with van der Waals surface area (Å²) in [6, 6.07) is 24.4. The largest absolute Gasteiger partial charge is 0.508 e. The second-order valence-electron chi connectivity index (χ2n) is 5.72. The molecule has 0 spiro atoms. The van der Waals surface area contributed by atoms with Gasteiger partial charge in [0.25, 0.3) is 0 Å². The maximum atomic E-state index is 12.2. The van der Waals surface area contributed by atoms with E-state index in [1.54, 1.807) is 79.7 Å². The predicted octanol–water partition coefficient (Wildman–Crippen LogP) is 4.50. The number of aliphatic carboxylic acids is 1. The van der Waals surface area contributed by atoms with Crippen molar-refractivity contribution in [2.75, 3.05) is 0 Å². The Morgan fingerprint density at radius 1 is 0.769 bits per heavy atom. The van der Waals surface area contributed by atoms with Crippen LogP contribution in [-0.4, -0.2) is 22.0 Å². The number of carboxylic acids is 1. The summed E-state index contributed by atoms with van der Waals surface area (Å²) in [7, 11) is 0. The van der Waals surface area contributed by atoms with Crippen LogP contribution < -0.4 is 0 Å². The minimum absolute atomic E-state index is 0.0972. The van der Waals surface area contributed by atoms with E-state index in [1.165, 1.54) is 0 Å². The van der Waals surface area contributed by atoms with E-state index in [0.29, 0.717) is 22.4 Å². The van der Waals surface area contributed by atoms with Gasteiger partial charge in [-0.25, -0.2) is 0 Å². The average molecular weight is 348 g/mol. The summed E-state index contributed by atoms with van der Waals surface area (Å²) in [6.07, 6.45) is 0. The highest BCUT2D eigenvalue weighted by atomic mass is 16.4. The molecule has 0 aliphatic heterocycles. The molecule has 0 aliphatic carbocycles. The van der Waals surface area contributed by atoms with Gasteiger partial charge in [-0.1, -0.05) is 66.7 Å². The average Bonchev–Trinajstić information content (AvgIpc) is 2.68. The fraction of sp³-hybridized carbons (Fsp3) is 0.0909. The lowest BCUT2D eigenvalue weighted by atomic mass is 9.96. The number of aromatic hydroxyl groups is 1. The highest BCUT2D eigenvalue weighted by molar-refractivity contribution is 6.09. The van der Waals surface area contributed by atoms with E-state index in [2.05, 4.69) is 0 Å². The Morgan fingerprint density at radius 3 is 1.81 bits per heavy atom. The topological polar surface area (TPSA) is 74.6 Å². The zero-order valence-electron chi connectivity index (χ0n) is 14.4. The molecule has 0 amide bonds. The Kier molecular flexibility index (Phi) is 6.68. The number of carbonyl (C=O) groups is 2. The third-order valence-electron chi connectivity index (χ3n) is 3.81. The van der Waals surface area contributed by atoms with Gasteiger partial charge in [0.1, 0.15) is 5.75 Å². The Hall–Kier alpha value is -3.40. The molecule has 3 aromatic carbocycles. The van der Waals surface area contributed by atoms with E-state index in [4.69, 9.17) is 10.2 Å². The lowest BCUT2D eigenvalue weighted by molar-refractivity contribution is -0.138. The van der Waals surface area contributed by atoms with Crippen molar-refractivity contribution in [3.63, 3.8) is 0 Å². The van der Waals surface area contributed by atoms with Crippen LogP contribution in [0.15, 0.2) is 84.9 Å². The molecule has 4 heteroatoms. The van der Waals surface area contributed by atoms with Crippen molar-refractivity contribution in [1.82, 2.24) is 0 Å². The summed E-state index contributed by atoms with van der Waals surface area (Å²) in [5.41, 5.74) is 1.74. The quantitative estimate of drug-likeness (QED) is 0.681. The molecule has 0 aliphatic rings. The molecule has 4 nitrogen and oxygen atoms in total. The summed E-state index contributed by atoms with van der Waals surface area (Å²) >= 11 is 0. The van der Waals surface area contributed by atoms with Crippen LogP contribution in [0, 0.1) is 0 Å². The van der Waals surface area contributed by atoms with Gasteiger partial charge < -0.3 is 10.2 Å². The molecule has 3 aromatic rings. The molecule has 0 bridgehead atoms. The first-order valence-corrected chi connectivity index (χ1v) is 8.15. The van der Waals surface area contributed by atoms with Crippen molar-refractivity contribution in [3.05, 3.63) is 102 Å². The summed E-state index contributed by atoms with van der Waals surface area (Å²) in [4.78, 5) is 23.2. The molecule has 0 heterocycles. The number of carbonyl (C=O) groups excluding carboxylic acids is 1. The summed E-state index contributed by atoms with van der Waals surface area (Å²) in [5.74, 6) is -1.30. The van der Waals surface area contributed by atoms with Crippen LogP contribution in [0.5, 0.6) is 5.75 Å². The summed E-state index contributed by atoms with van der Waals surface area (Å²) in [6.45, 7) is 1.61. The maximum absolute atomic E-state index is 12.2. The molecule has 2 N–H and O–H groups in total. The second kappa shape index (κ2) is 9.18. The van der Waals surface area contributed by atoms with Crippen LogP contribution in [0.3, 0.4) is 0 Å². The lowest BCUT2D eigenvalue weighted by Crippen LogP contribution is -2.09. The van der Waals surface area contributed by atoms with Crippen LogP contribution in [-0.2, 0) is 4.79 Å². The van der Waals surface area contributed by atoms with Gasteiger partial charge in [0.05, 0.1) is 5.92 Å². The van der Waals surface area contributed by atoms with Crippen LogP contribution in [0.4, 0.5) is 0 Å². The minimum atomic E-state index is -0.899. The molecule has 0 aromatic heterocycles. The maximum Gasteiger partial charge on any atom is 0.310 e. The SMILES string of the molecule is CC(C(=O)O)c1cccc(C(=O)c2ccccc2)c1.Oc1ccccc1. The molecule has 26 heavy (non-hydrogen) atoms. The number of hydrogen-bond donors (Lipinski definition) is 2. The Bertz CT molecular complexity index is 858. The normalized spacial score (nSPS) is 11.0. The molecule has 1 atom stereocenters. The predicted molar refractivity (Wildman–Crippen MR) is 100 cm³/mol. The van der Waals surface area contributed by atoms with Gasteiger partial charge in [-0.15, -0.1) is 0 Å². The summed E-state index contributed by atoms with van der Waals surface area (Å²) < 4.78 is 0. The van der Waals surface area contributed by atoms with Gasteiger partial charge in [0.15, 0.2) is 5.78 Å². The Balaban J connectivity index is 0.000000290. The number of carboxylic acid groups (broad SMARTS) is 1. The summed E-state index contributed by atoms with van der Waals surface area (Å²) in [5, 5.41) is 17.6. The Morgan fingerprint density at radius 2 is 1.31 bits per heavy atom. The monoisotopic (exact) mass is 348 g/mol. The molecule has 3 rings (SSSR count). The zero-order valence-corrected chi connectivity index (χ0v) is 14.4. The molecular formula is C22H20O4. The molecule has 0 radical (unpaired) electrons. The van der Waals surface area contributed by atoms with Gasteiger partial charge in [-0.2, -0.15) is 0 Å². The first-order valence-electron chi connectivity index (χ1n) is 8.15. The van der Waals surface area contributed by atoms with Crippen LogP contribution in [0.1, 0.15) is 34.3 Å². The second-order valence-corrected chi connectivity index (χ2v) is 5.72. The van der Waals surface area contributed by atoms with E-state index in [0.717, 1.165) is 0 Å². The third kappa shape index (κ3) is 5.31. The number of para-hydroxylation sites is 1. The standard InChI is InChI=1S/C16H14O3.C6H6O/c1-11(16(18)19)13-8-5-9-14(10-13)15(17)12-6-3-2-4-7-12;7-6-4-2-1-3-5-6/h2-11H,1H3,(H,18,19);1-5,7H. The van der Waals surface area contributed by atoms with Crippen LogP contribution in [0.25, 0.3) is 0 Å². The first-order chi connectivity index (χ1) is 12.5. The number of rotatable bonds is 4. The van der Waals surface area contributed by atoms with Crippen molar-refractivity contribution in [1.29, 1.82) is 0 Å². The number of phenols is 1. The minimum Gasteiger partial charge on any atom is -0.508 e. The van der Waals surface area contributed by atoms with Crippen molar-refractivity contribution in [2.24, 2.45) is 0 Å². The smallest absolute Gasteiger partial charge is 0.310 e. The van der Waals surface area contributed by atoms with E-state index < -0.39 is 11.9 Å². The highest BCUT2D eigenvalue weighted by Crippen LogP contribution is 2.18. The lowest BCUT2D eigenvalue weighted by Gasteiger charge is -2.08. The fourth-order valence-corrected chi connectivity index (χ4v) is 2.28. The Labute approximate surface area is 152 Å². The van der Waals surface area contributed by atoms with Gasteiger partial charge >= 0.3 is 5.97 Å². The first kappa shape index (κ1) is 18.9. The van der Waals surface area contributed by atoms with E-state index in [-0.39, 0.29) is 5.78 Å². The van der Waals surface area contributed by atoms with Crippen molar-refractivity contribution >= 4 is 11.8 Å². The van der Waals surface area contributed by atoms with Crippen LogP contribution in [0.2, 0.25) is 0 Å². The van der Waals surface area contributed by atoms with Crippen LogP contribution >= 0.6 is 0 Å². The number of ketones is 1. The van der Waals surface area contributed by atoms with Crippen molar-refractivity contribution in [2.45, 2.75) is 12.8 Å². The van der Waals surface area contributed by atoms with E-state index in [1.807, 2.05) is 12.1 Å². The number of hydrogen-bond acceptors (Lipinski definition) is 3. The van der Waals surface area contributed by atoms with Crippen molar-refractivity contribution < 1.29 is 19.8 Å². The molecule has 1 unspecified atom stereocenters. The van der Waals surface area contributed by atoms with Gasteiger partial charge in [0.2, 0.25) is 0 Å². The molecule has 0 saturated heterocycles. The van der Waals surface area contributed by atoms with Gasteiger partial charge in [0, 0.05) is 11.1 Å². The van der Waals surface area contributed by atoms with Gasteiger partial charge in [-0.3, -0.25) is 9.59 Å². The number of benzene rings is 3.